The Morgan fingerprint density at radius 1 is 1.47 bits per heavy atom. The summed E-state index contributed by atoms with van der Waals surface area (Å²) in [4.78, 5) is 11.4. The van der Waals surface area contributed by atoms with E-state index in [1.807, 2.05) is 0 Å². The maximum Gasteiger partial charge on any atom is 0.167 e. The van der Waals surface area contributed by atoms with E-state index in [4.69, 9.17) is 4.74 Å². The van der Waals surface area contributed by atoms with Gasteiger partial charge in [0, 0.05) is 12.3 Å². The van der Waals surface area contributed by atoms with Gasteiger partial charge < -0.3 is 4.74 Å². The molecule has 1 unspecified atom stereocenters. The van der Waals surface area contributed by atoms with E-state index in [-0.39, 0.29) is 17.5 Å². The molecule has 0 heterocycles. The number of ketones is 1. The van der Waals surface area contributed by atoms with E-state index in [0.29, 0.717) is 30.8 Å². The first kappa shape index (κ1) is 12.1. The van der Waals surface area contributed by atoms with E-state index < -0.39 is 0 Å². The van der Waals surface area contributed by atoms with Crippen molar-refractivity contribution in [2.75, 3.05) is 6.61 Å². The fourth-order valence-electron chi connectivity index (χ4n) is 2.24. The van der Waals surface area contributed by atoms with Crippen LogP contribution in [0.5, 0.6) is 5.75 Å². The Morgan fingerprint density at radius 3 is 3.00 bits per heavy atom. The Hall–Kier alpha value is -1.38. The minimum Gasteiger partial charge on any atom is -0.490 e. The van der Waals surface area contributed by atoms with Crippen molar-refractivity contribution in [3.8, 4) is 5.75 Å². The average Bonchev–Trinajstić information content (AvgIpc) is 2.71. The van der Waals surface area contributed by atoms with Gasteiger partial charge in [-0.05, 0) is 37.8 Å². The first-order chi connectivity index (χ1) is 8.18. The van der Waals surface area contributed by atoms with Crippen LogP contribution in [-0.2, 0) is 4.79 Å². The molecule has 2 nitrogen and oxygen atoms in total. The molecule has 0 N–H and O–H groups in total. The molecular formula is C14H17FO2. The van der Waals surface area contributed by atoms with Gasteiger partial charge in [-0.1, -0.05) is 12.1 Å². The lowest BCUT2D eigenvalue weighted by Gasteiger charge is -2.11. The van der Waals surface area contributed by atoms with Crippen LogP contribution in [-0.4, -0.2) is 12.4 Å². The number of hydrogen-bond donors (Lipinski definition) is 0. The molecule has 1 atom stereocenters. The molecule has 0 saturated heterocycles. The first-order valence-electron chi connectivity index (χ1n) is 6.09. The normalized spacial score (nSPS) is 19.6. The van der Waals surface area contributed by atoms with Gasteiger partial charge in [0.1, 0.15) is 5.78 Å². The number of aryl methyl sites for hydroxylation is 1. The van der Waals surface area contributed by atoms with Crippen molar-refractivity contribution in [3.05, 3.63) is 29.6 Å². The fraction of sp³-hybridized carbons (Fsp3) is 0.500. The van der Waals surface area contributed by atoms with Gasteiger partial charge >= 0.3 is 0 Å². The number of rotatable bonds is 4. The molecule has 0 radical (unpaired) electrons. The Kier molecular flexibility index (Phi) is 3.77. The number of ether oxygens (including phenoxy) is 1. The third-order valence-electron chi connectivity index (χ3n) is 3.31. The Labute approximate surface area is 101 Å². The van der Waals surface area contributed by atoms with Crippen molar-refractivity contribution in [1.29, 1.82) is 0 Å². The SMILES string of the molecule is Cc1cccc(OCCC2CCCC2=O)c1F. The van der Waals surface area contributed by atoms with Crippen molar-refractivity contribution in [1.82, 2.24) is 0 Å². The van der Waals surface area contributed by atoms with Crippen molar-refractivity contribution in [2.45, 2.75) is 32.6 Å². The summed E-state index contributed by atoms with van der Waals surface area (Å²) in [7, 11) is 0. The molecule has 0 aliphatic heterocycles. The highest BCUT2D eigenvalue weighted by atomic mass is 19.1. The zero-order valence-electron chi connectivity index (χ0n) is 10.0. The summed E-state index contributed by atoms with van der Waals surface area (Å²) in [5.74, 6) is 0.446. The van der Waals surface area contributed by atoms with Crippen LogP contribution in [0.4, 0.5) is 4.39 Å². The second-order valence-corrected chi connectivity index (χ2v) is 4.58. The van der Waals surface area contributed by atoms with E-state index in [9.17, 15) is 9.18 Å². The summed E-state index contributed by atoms with van der Waals surface area (Å²) in [6, 6.07) is 5.11. The first-order valence-corrected chi connectivity index (χ1v) is 6.09. The van der Waals surface area contributed by atoms with E-state index in [1.165, 1.54) is 0 Å². The summed E-state index contributed by atoms with van der Waals surface area (Å²) in [6.07, 6.45) is 3.34. The fourth-order valence-corrected chi connectivity index (χ4v) is 2.24. The number of benzene rings is 1. The molecule has 1 aliphatic rings. The van der Waals surface area contributed by atoms with Gasteiger partial charge in [-0.3, -0.25) is 4.79 Å². The number of hydrogen-bond acceptors (Lipinski definition) is 2. The predicted molar refractivity (Wildman–Crippen MR) is 63.6 cm³/mol. The molecule has 0 aromatic heterocycles. The number of halogens is 1. The molecule has 0 amide bonds. The van der Waals surface area contributed by atoms with Gasteiger partial charge in [-0.25, -0.2) is 4.39 Å². The molecule has 1 aromatic carbocycles. The summed E-state index contributed by atoms with van der Waals surface area (Å²) in [6.45, 7) is 2.12. The van der Waals surface area contributed by atoms with E-state index >= 15 is 0 Å². The van der Waals surface area contributed by atoms with Gasteiger partial charge in [0.25, 0.3) is 0 Å². The lowest BCUT2D eigenvalue weighted by molar-refractivity contribution is -0.121. The molecule has 1 fully saturated rings. The minimum absolute atomic E-state index is 0.128. The van der Waals surface area contributed by atoms with Crippen LogP contribution in [0.15, 0.2) is 18.2 Å². The van der Waals surface area contributed by atoms with Crippen molar-refractivity contribution >= 4 is 5.78 Å². The second kappa shape index (κ2) is 5.30. The number of carbonyl (C=O) groups excluding carboxylic acids is 1. The molecule has 1 aromatic rings. The summed E-state index contributed by atoms with van der Waals surface area (Å²) in [5, 5.41) is 0. The quantitative estimate of drug-likeness (QED) is 0.802. The number of Topliss-reactive ketones (excluding diaryl/α,β-unsaturated/α-hetero) is 1. The predicted octanol–water partition coefficient (Wildman–Crippen LogP) is 3.27. The van der Waals surface area contributed by atoms with E-state index in [2.05, 4.69) is 0 Å². The Morgan fingerprint density at radius 2 is 2.29 bits per heavy atom. The lowest BCUT2D eigenvalue weighted by Crippen LogP contribution is -2.11. The second-order valence-electron chi connectivity index (χ2n) is 4.58. The number of carbonyl (C=O) groups is 1. The van der Waals surface area contributed by atoms with Gasteiger partial charge in [0.15, 0.2) is 11.6 Å². The van der Waals surface area contributed by atoms with Crippen LogP contribution in [0, 0.1) is 18.7 Å². The van der Waals surface area contributed by atoms with Crippen molar-refractivity contribution in [2.24, 2.45) is 5.92 Å². The molecule has 3 heteroatoms. The van der Waals surface area contributed by atoms with E-state index in [1.54, 1.807) is 25.1 Å². The third-order valence-corrected chi connectivity index (χ3v) is 3.31. The summed E-state index contributed by atoms with van der Waals surface area (Å²) < 4.78 is 19.0. The van der Waals surface area contributed by atoms with Crippen molar-refractivity contribution in [3.63, 3.8) is 0 Å². The highest BCUT2D eigenvalue weighted by Crippen LogP contribution is 2.25. The highest BCUT2D eigenvalue weighted by Gasteiger charge is 2.24. The summed E-state index contributed by atoms with van der Waals surface area (Å²) >= 11 is 0. The van der Waals surface area contributed by atoms with Crippen LogP contribution >= 0.6 is 0 Å². The van der Waals surface area contributed by atoms with Gasteiger partial charge in [-0.2, -0.15) is 0 Å². The molecule has 1 aliphatic carbocycles. The monoisotopic (exact) mass is 236 g/mol. The topological polar surface area (TPSA) is 26.3 Å². The molecule has 1 saturated carbocycles. The standard InChI is InChI=1S/C14H17FO2/c1-10-4-2-7-13(14(10)15)17-9-8-11-5-3-6-12(11)16/h2,4,7,11H,3,5-6,8-9H2,1H3. The Balaban J connectivity index is 1.86. The maximum absolute atomic E-state index is 13.6. The van der Waals surface area contributed by atoms with Gasteiger partial charge in [0.2, 0.25) is 0 Å². The van der Waals surface area contributed by atoms with Gasteiger partial charge in [0.05, 0.1) is 6.61 Å². The van der Waals surface area contributed by atoms with Crippen LogP contribution in [0.25, 0.3) is 0 Å². The smallest absolute Gasteiger partial charge is 0.167 e. The van der Waals surface area contributed by atoms with Gasteiger partial charge in [-0.15, -0.1) is 0 Å². The third kappa shape index (κ3) is 2.84. The average molecular weight is 236 g/mol. The lowest BCUT2D eigenvalue weighted by atomic mass is 10.0. The zero-order chi connectivity index (χ0) is 12.3. The van der Waals surface area contributed by atoms with Crippen molar-refractivity contribution < 1.29 is 13.9 Å². The van der Waals surface area contributed by atoms with Crippen LogP contribution in [0.1, 0.15) is 31.2 Å². The van der Waals surface area contributed by atoms with Crippen LogP contribution in [0.3, 0.4) is 0 Å². The zero-order valence-corrected chi connectivity index (χ0v) is 10.0. The van der Waals surface area contributed by atoms with Crippen LogP contribution in [0.2, 0.25) is 0 Å². The highest BCUT2D eigenvalue weighted by molar-refractivity contribution is 5.82. The minimum atomic E-state index is -0.301. The van der Waals surface area contributed by atoms with Crippen LogP contribution < -0.4 is 4.74 Å². The van der Waals surface area contributed by atoms with E-state index in [0.717, 1.165) is 12.8 Å². The molecule has 17 heavy (non-hydrogen) atoms. The Bertz CT molecular complexity index is 415. The largest absolute Gasteiger partial charge is 0.490 e. The molecule has 92 valence electrons. The molecular weight excluding hydrogens is 219 g/mol. The summed E-state index contributed by atoms with van der Waals surface area (Å²) in [5.41, 5.74) is 0.583. The maximum atomic E-state index is 13.6. The molecule has 0 bridgehead atoms. The molecule has 0 spiro atoms. The molecule has 2 rings (SSSR count).